The number of aromatic nitrogens is 4. The highest BCUT2D eigenvalue weighted by Crippen LogP contribution is 2.25. The van der Waals surface area contributed by atoms with Gasteiger partial charge in [-0.25, -0.2) is 14.4 Å². The van der Waals surface area contributed by atoms with E-state index in [0.29, 0.717) is 17.9 Å². The summed E-state index contributed by atoms with van der Waals surface area (Å²) < 4.78 is 14.4. The van der Waals surface area contributed by atoms with E-state index in [4.69, 9.17) is 0 Å². The Balaban J connectivity index is 1.47. The second-order valence-corrected chi connectivity index (χ2v) is 6.31. The van der Waals surface area contributed by atoms with E-state index >= 15 is 0 Å². The zero-order valence-corrected chi connectivity index (χ0v) is 13.9. The van der Waals surface area contributed by atoms with Crippen LogP contribution in [-0.2, 0) is 19.3 Å². The van der Waals surface area contributed by atoms with Gasteiger partial charge in [0.15, 0.2) is 17.5 Å². The average molecular weight is 328 g/mol. The lowest BCUT2D eigenvalue weighted by atomic mass is 10.2. The van der Waals surface area contributed by atoms with Gasteiger partial charge in [-0.15, -0.1) is 5.10 Å². The molecule has 2 aromatic heterocycles. The lowest BCUT2D eigenvalue weighted by Gasteiger charge is -2.36. The summed E-state index contributed by atoms with van der Waals surface area (Å²) in [6.45, 7) is 4.92. The molecule has 0 N–H and O–H groups in total. The van der Waals surface area contributed by atoms with Crippen LogP contribution in [0.25, 0.3) is 0 Å². The molecule has 0 unspecified atom stereocenters. The van der Waals surface area contributed by atoms with Crippen LogP contribution < -0.4 is 9.80 Å². The lowest BCUT2D eigenvalue weighted by molar-refractivity contribution is 0.567. The van der Waals surface area contributed by atoms with E-state index in [0.717, 1.165) is 50.5 Å². The van der Waals surface area contributed by atoms with Gasteiger partial charge in [0.25, 0.3) is 0 Å². The summed E-state index contributed by atoms with van der Waals surface area (Å²) in [5.74, 6) is 1.07. The highest BCUT2D eigenvalue weighted by Gasteiger charge is 2.24. The Hall–Kier alpha value is -2.31. The van der Waals surface area contributed by atoms with Gasteiger partial charge in [0.05, 0.1) is 11.4 Å². The van der Waals surface area contributed by atoms with Crippen molar-refractivity contribution in [2.75, 3.05) is 36.0 Å². The van der Waals surface area contributed by atoms with Gasteiger partial charge < -0.3 is 9.80 Å². The van der Waals surface area contributed by atoms with Crippen molar-refractivity contribution in [3.8, 4) is 0 Å². The standard InChI is InChI=1S/C17H21FN6/c1-2-13-16(18)17(20-11-19-13)24-8-6-23(7-9-24)15-10-12-4-3-5-14(12)21-22-15/h10-11H,2-9H2,1H3. The third-order valence-electron chi connectivity index (χ3n) is 4.89. The molecule has 1 aliphatic carbocycles. The smallest absolute Gasteiger partial charge is 0.187 e. The SMILES string of the molecule is CCc1ncnc(N2CCN(c3cc4c(nn3)CCC4)CC2)c1F. The van der Waals surface area contributed by atoms with Crippen LogP contribution in [0, 0.1) is 5.82 Å². The van der Waals surface area contributed by atoms with E-state index in [1.807, 2.05) is 11.8 Å². The Morgan fingerprint density at radius 2 is 1.83 bits per heavy atom. The van der Waals surface area contributed by atoms with E-state index in [-0.39, 0.29) is 5.82 Å². The molecule has 126 valence electrons. The summed E-state index contributed by atoms with van der Waals surface area (Å²) in [4.78, 5) is 12.4. The molecule has 2 aromatic rings. The van der Waals surface area contributed by atoms with Gasteiger partial charge in [-0.2, -0.15) is 5.10 Å². The normalized spacial score (nSPS) is 17.2. The van der Waals surface area contributed by atoms with E-state index in [1.54, 1.807) is 0 Å². The fourth-order valence-electron chi connectivity index (χ4n) is 3.48. The van der Waals surface area contributed by atoms with Crippen molar-refractivity contribution in [1.82, 2.24) is 20.2 Å². The first-order valence-corrected chi connectivity index (χ1v) is 8.61. The highest BCUT2D eigenvalue weighted by molar-refractivity contribution is 5.47. The molecular weight excluding hydrogens is 307 g/mol. The van der Waals surface area contributed by atoms with E-state index in [9.17, 15) is 4.39 Å². The molecule has 1 aliphatic heterocycles. The highest BCUT2D eigenvalue weighted by atomic mass is 19.1. The Labute approximate surface area is 140 Å². The summed E-state index contributed by atoms with van der Waals surface area (Å²) in [6, 6.07) is 2.17. The topological polar surface area (TPSA) is 58.0 Å². The Kier molecular flexibility index (Phi) is 4.00. The Morgan fingerprint density at radius 1 is 1.04 bits per heavy atom. The monoisotopic (exact) mass is 328 g/mol. The number of halogens is 1. The van der Waals surface area contributed by atoms with Crippen LogP contribution in [0.3, 0.4) is 0 Å². The van der Waals surface area contributed by atoms with Crippen LogP contribution in [-0.4, -0.2) is 46.3 Å². The van der Waals surface area contributed by atoms with Crippen molar-refractivity contribution in [3.63, 3.8) is 0 Å². The lowest BCUT2D eigenvalue weighted by Crippen LogP contribution is -2.47. The van der Waals surface area contributed by atoms with Crippen LogP contribution in [0.2, 0.25) is 0 Å². The molecule has 0 radical (unpaired) electrons. The predicted octanol–water partition coefficient (Wildman–Crippen LogP) is 1.78. The summed E-state index contributed by atoms with van der Waals surface area (Å²) in [6.07, 6.45) is 5.35. The minimum Gasteiger partial charge on any atom is -0.352 e. The van der Waals surface area contributed by atoms with Crippen LogP contribution in [0.5, 0.6) is 0 Å². The molecular formula is C17H21FN6. The van der Waals surface area contributed by atoms with Crippen LogP contribution >= 0.6 is 0 Å². The Morgan fingerprint density at radius 3 is 2.62 bits per heavy atom. The molecule has 0 atom stereocenters. The molecule has 6 nitrogen and oxygen atoms in total. The number of aryl methyl sites for hydroxylation is 3. The van der Waals surface area contributed by atoms with Gasteiger partial charge in [-0.05, 0) is 37.3 Å². The molecule has 4 rings (SSSR count). The molecule has 0 saturated carbocycles. The van der Waals surface area contributed by atoms with Gasteiger partial charge >= 0.3 is 0 Å². The van der Waals surface area contributed by atoms with Crippen LogP contribution in [0.4, 0.5) is 16.0 Å². The molecule has 0 aromatic carbocycles. The summed E-state index contributed by atoms with van der Waals surface area (Å²) >= 11 is 0. The maximum atomic E-state index is 14.4. The minimum absolute atomic E-state index is 0.286. The van der Waals surface area contributed by atoms with Crippen molar-refractivity contribution >= 4 is 11.6 Å². The van der Waals surface area contributed by atoms with E-state index < -0.39 is 0 Å². The Bertz CT molecular complexity index is 742. The minimum atomic E-state index is -0.286. The number of fused-ring (bicyclic) bond motifs is 1. The quantitative estimate of drug-likeness (QED) is 0.856. The fourth-order valence-corrected chi connectivity index (χ4v) is 3.48. The third-order valence-corrected chi connectivity index (χ3v) is 4.89. The maximum Gasteiger partial charge on any atom is 0.187 e. The molecule has 24 heavy (non-hydrogen) atoms. The molecule has 2 aliphatic rings. The van der Waals surface area contributed by atoms with Gasteiger partial charge in [0, 0.05) is 26.2 Å². The average Bonchev–Trinajstić information content (AvgIpc) is 3.10. The van der Waals surface area contributed by atoms with Crippen molar-refractivity contribution in [2.45, 2.75) is 32.6 Å². The van der Waals surface area contributed by atoms with Gasteiger partial charge in [-0.3, -0.25) is 0 Å². The maximum absolute atomic E-state index is 14.4. The molecule has 0 amide bonds. The zero-order valence-electron chi connectivity index (χ0n) is 13.9. The largest absolute Gasteiger partial charge is 0.352 e. The summed E-state index contributed by atoms with van der Waals surface area (Å²) in [7, 11) is 0. The predicted molar refractivity (Wildman–Crippen MR) is 89.9 cm³/mol. The van der Waals surface area contributed by atoms with Crippen molar-refractivity contribution < 1.29 is 4.39 Å². The van der Waals surface area contributed by atoms with Crippen LogP contribution in [0.15, 0.2) is 12.4 Å². The van der Waals surface area contributed by atoms with E-state index in [1.165, 1.54) is 18.3 Å². The molecule has 0 spiro atoms. The number of rotatable bonds is 3. The number of hydrogen-bond donors (Lipinski definition) is 0. The number of piperazine rings is 1. The first-order chi connectivity index (χ1) is 11.8. The van der Waals surface area contributed by atoms with Crippen LogP contribution in [0.1, 0.15) is 30.3 Å². The molecule has 1 saturated heterocycles. The summed E-state index contributed by atoms with van der Waals surface area (Å²) in [5, 5.41) is 8.74. The fraction of sp³-hybridized carbons (Fsp3) is 0.529. The number of nitrogens with zero attached hydrogens (tertiary/aromatic N) is 6. The first-order valence-electron chi connectivity index (χ1n) is 8.61. The zero-order chi connectivity index (χ0) is 16.5. The third kappa shape index (κ3) is 2.68. The first kappa shape index (κ1) is 15.2. The van der Waals surface area contributed by atoms with E-state index in [2.05, 4.69) is 31.1 Å². The van der Waals surface area contributed by atoms with Gasteiger partial charge in [0.1, 0.15) is 6.33 Å². The van der Waals surface area contributed by atoms with Crippen molar-refractivity contribution in [3.05, 3.63) is 35.2 Å². The molecule has 1 fully saturated rings. The summed E-state index contributed by atoms with van der Waals surface area (Å²) in [5.41, 5.74) is 2.95. The van der Waals surface area contributed by atoms with Crippen molar-refractivity contribution in [1.29, 1.82) is 0 Å². The van der Waals surface area contributed by atoms with Gasteiger partial charge in [0.2, 0.25) is 0 Å². The number of anilines is 2. The number of hydrogen-bond acceptors (Lipinski definition) is 6. The van der Waals surface area contributed by atoms with Crippen molar-refractivity contribution in [2.24, 2.45) is 0 Å². The second kappa shape index (κ2) is 6.30. The second-order valence-electron chi connectivity index (χ2n) is 6.31. The molecule has 0 bridgehead atoms. The molecule has 3 heterocycles. The van der Waals surface area contributed by atoms with Gasteiger partial charge in [-0.1, -0.05) is 6.92 Å². The molecule has 7 heteroatoms.